The lowest BCUT2D eigenvalue weighted by Gasteiger charge is -2.14. The minimum atomic E-state index is 0.521. The molecule has 0 spiro atoms. The van der Waals surface area contributed by atoms with Crippen molar-refractivity contribution >= 4 is 21.7 Å². The third-order valence-electron chi connectivity index (χ3n) is 3.17. The van der Waals surface area contributed by atoms with Crippen LogP contribution in [-0.2, 0) is 0 Å². The molecule has 0 saturated heterocycles. The van der Waals surface area contributed by atoms with E-state index in [9.17, 15) is 0 Å². The van der Waals surface area contributed by atoms with Crippen LogP contribution in [0.5, 0.6) is 11.6 Å². The van der Waals surface area contributed by atoms with E-state index < -0.39 is 0 Å². The van der Waals surface area contributed by atoms with Crippen molar-refractivity contribution in [3.8, 4) is 11.6 Å². The summed E-state index contributed by atoms with van der Waals surface area (Å²) in [5, 5.41) is 3.16. The maximum atomic E-state index is 6.00. The summed E-state index contributed by atoms with van der Waals surface area (Å²) >= 11 is 3.49. The van der Waals surface area contributed by atoms with Gasteiger partial charge in [0.1, 0.15) is 22.4 Å². The average molecular weight is 336 g/mol. The van der Waals surface area contributed by atoms with Crippen molar-refractivity contribution in [2.75, 3.05) is 11.9 Å². The van der Waals surface area contributed by atoms with Gasteiger partial charge in [0.15, 0.2) is 0 Å². The summed E-state index contributed by atoms with van der Waals surface area (Å²) in [4.78, 5) is 8.39. The Balaban J connectivity index is 2.40. The summed E-state index contributed by atoms with van der Waals surface area (Å²) < 4.78 is 6.74. The average Bonchev–Trinajstić information content (AvgIpc) is 2.43. The second-order valence-electron chi connectivity index (χ2n) is 4.63. The van der Waals surface area contributed by atoms with Crippen LogP contribution < -0.4 is 10.1 Å². The van der Waals surface area contributed by atoms with Crippen molar-refractivity contribution in [2.45, 2.75) is 27.7 Å². The van der Waals surface area contributed by atoms with Gasteiger partial charge in [-0.1, -0.05) is 12.1 Å². The fourth-order valence-corrected chi connectivity index (χ4v) is 2.32. The minimum absolute atomic E-state index is 0.521. The first-order chi connectivity index (χ1) is 9.54. The van der Waals surface area contributed by atoms with Crippen LogP contribution in [0.25, 0.3) is 0 Å². The highest BCUT2D eigenvalue weighted by Crippen LogP contribution is 2.35. The van der Waals surface area contributed by atoms with E-state index in [1.807, 2.05) is 13.8 Å². The molecule has 0 saturated carbocycles. The SMILES string of the molecule is CCNc1ncnc(Oc2c(C)ccc(C)c2C)c1Br. The molecule has 2 aromatic rings. The molecule has 2 rings (SSSR count). The molecule has 0 atom stereocenters. The van der Waals surface area contributed by atoms with Crippen molar-refractivity contribution < 1.29 is 4.74 Å². The number of aromatic nitrogens is 2. The number of nitrogens with one attached hydrogen (secondary N) is 1. The Kier molecular flexibility index (Phi) is 4.60. The zero-order valence-corrected chi connectivity index (χ0v) is 13.7. The maximum Gasteiger partial charge on any atom is 0.238 e. The number of hydrogen-bond acceptors (Lipinski definition) is 4. The molecule has 0 amide bonds. The molecular weight excluding hydrogens is 318 g/mol. The van der Waals surface area contributed by atoms with Crippen LogP contribution >= 0.6 is 15.9 Å². The molecule has 0 bridgehead atoms. The minimum Gasteiger partial charge on any atom is -0.437 e. The largest absolute Gasteiger partial charge is 0.437 e. The first kappa shape index (κ1) is 14.8. The zero-order valence-electron chi connectivity index (χ0n) is 12.1. The molecule has 106 valence electrons. The second-order valence-corrected chi connectivity index (χ2v) is 5.42. The first-order valence-corrected chi connectivity index (χ1v) is 7.33. The number of rotatable bonds is 4. The van der Waals surface area contributed by atoms with Crippen molar-refractivity contribution in [3.05, 3.63) is 39.6 Å². The van der Waals surface area contributed by atoms with Crippen LogP contribution in [0.3, 0.4) is 0 Å². The van der Waals surface area contributed by atoms with Crippen LogP contribution in [0, 0.1) is 20.8 Å². The topological polar surface area (TPSA) is 47.0 Å². The molecule has 1 N–H and O–H groups in total. The van der Waals surface area contributed by atoms with E-state index in [-0.39, 0.29) is 0 Å². The van der Waals surface area contributed by atoms with E-state index in [0.29, 0.717) is 5.88 Å². The molecule has 0 aliphatic carbocycles. The Bertz CT molecular complexity index is 629. The summed E-state index contributed by atoms with van der Waals surface area (Å²) in [5.74, 6) is 2.11. The van der Waals surface area contributed by atoms with E-state index in [2.05, 4.69) is 57.2 Å². The Morgan fingerprint density at radius 2 is 1.85 bits per heavy atom. The van der Waals surface area contributed by atoms with Crippen LogP contribution in [0.2, 0.25) is 0 Å². The van der Waals surface area contributed by atoms with Gasteiger partial charge >= 0.3 is 0 Å². The standard InChI is InChI=1S/C15H18BrN3O/c1-5-17-14-12(16)15(19-8-18-14)20-13-10(3)7-6-9(2)11(13)4/h6-8H,5H2,1-4H3,(H,17,18,19). The van der Waals surface area contributed by atoms with Crippen molar-refractivity contribution in [1.82, 2.24) is 9.97 Å². The van der Waals surface area contributed by atoms with Gasteiger partial charge in [0, 0.05) is 6.54 Å². The lowest BCUT2D eigenvalue weighted by molar-refractivity contribution is 0.451. The Morgan fingerprint density at radius 3 is 2.55 bits per heavy atom. The predicted molar refractivity (Wildman–Crippen MR) is 84.6 cm³/mol. The molecule has 0 aliphatic heterocycles. The number of hydrogen-bond donors (Lipinski definition) is 1. The highest BCUT2D eigenvalue weighted by atomic mass is 79.9. The molecule has 20 heavy (non-hydrogen) atoms. The van der Waals surface area contributed by atoms with Gasteiger partial charge < -0.3 is 10.1 Å². The number of halogens is 1. The van der Waals surface area contributed by atoms with Crippen LogP contribution in [0.4, 0.5) is 5.82 Å². The molecular formula is C15H18BrN3O. The van der Waals surface area contributed by atoms with Crippen molar-refractivity contribution in [1.29, 1.82) is 0 Å². The van der Waals surface area contributed by atoms with Gasteiger partial charge in [0.2, 0.25) is 5.88 Å². The molecule has 1 heterocycles. The van der Waals surface area contributed by atoms with E-state index in [1.54, 1.807) is 0 Å². The number of nitrogens with zero attached hydrogens (tertiary/aromatic N) is 2. The number of ether oxygens (including phenoxy) is 1. The molecule has 0 fully saturated rings. The summed E-state index contributed by atoms with van der Waals surface area (Å²) in [7, 11) is 0. The van der Waals surface area contributed by atoms with E-state index in [4.69, 9.17) is 4.74 Å². The van der Waals surface area contributed by atoms with E-state index >= 15 is 0 Å². The van der Waals surface area contributed by atoms with Gasteiger partial charge in [0.25, 0.3) is 0 Å². The summed E-state index contributed by atoms with van der Waals surface area (Å²) in [6.07, 6.45) is 1.50. The molecule has 0 unspecified atom stereocenters. The first-order valence-electron chi connectivity index (χ1n) is 6.53. The van der Waals surface area contributed by atoms with Gasteiger partial charge in [-0.05, 0) is 60.3 Å². The molecule has 1 aromatic carbocycles. The van der Waals surface area contributed by atoms with Gasteiger partial charge in [-0.2, -0.15) is 0 Å². The number of aryl methyl sites for hydroxylation is 2. The number of anilines is 1. The molecule has 4 nitrogen and oxygen atoms in total. The lowest BCUT2D eigenvalue weighted by atomic mass is 10.1. The maximum absolute atomic E-state index is 6.00. The summed E-state index contributed by atoms with van der Waals surface area (Å²) in [6.45, 7) is 8.96. The lowest BCUT2D eigenvalue weighted by Crippen LogP contribution is -2.03. The monoisotopic (exact) mass is 335 g/mol. The fraction of sp³-hybridized carbons (Fsp3) is 0.333. The smallest absolute Gasteiger partial charge is 0.238 e. The Labute approximate surface area is 127 Å². The van der Waals surface area contributed by atoms with Crippen molar-refractivity contribution in [2.24, 2.45) is 0 Å². The zero-order chi connectivity index (χ0) is 14.7. The van der Waals surface area contributed by atoms with Crippen LogP contribution in [-0.4, -0.2) is 16.5 Å². The highest BCUT2D eigenvalue weighted by molar-refractivity contribution is 9.10. The molecule has 0 radical (unpaired) electrons. The fourth-order valence-electron chi connectivity index (χ4n) is 1.89. The second kappa shape index (κ2) is 6.22. The predicted octanol–water partition coefficient (Wildman–Crippen LogP) is 4.39. The molecule has 0 aliphatic rings. The van der Waals surface area contributed by atoms with Gasteiger partial charge in [0.05, 0.1) is 0 Å². The highest BCUT2D eigenvalue weighted by Gasteiger charge is 2.13. The van der Waals surface area contributed by atoms with Crippen LogP contribution in [0.1, 0.15) is 23.6 Å². The molecule has 5 heteroatoms. The third kappa shape index (κ3) is 2.93. The third-order valence-corrected chi connectivity index (χ3v) is 3.89. The normalized spacial score (nSPS) is 10.4. The quantitative estimate of drug-likeness (QED) is 0.900. The Morgan fingerprint density at radius 1 is 1.15 bits per heavy atom. The van der Waals surface area contributed by atoms with E-state index in [0.717, 1.165) is 33.7 Å². The van der Waals surface area contributed by atoms with Gasteiger partial charge in [-0.15, -0.1) is 0 Å². The molecule has 1 aromatic heterocycles. The van der Waals surface area contributed by atoms with E-state index in [1.165, 1.54) is 11.9 Å². The van der Waals surface area contributed by atoms with Gasteiger partial charge in [-0.3, -0.25) is 0 Å². The van der Waals surface area contributed by atoms with Gasteiger partial charge in [-0.25, -0.2) is 9.97 Å². The summed E-state index contributed by atoms with van der Waals surface area (Å²) in [6, 6.07) is 4.15. The van der Waals surface area contributed by atoms with Crippen LogP contribution in [0.15, 0.2) is 22.9 Å². The Hall–Kier alpha value is -1.62. The number of benzene rings is 1. The van der Waals surface area contributed by atoms with Crippen molar-refractivity contribution in [3.63, 3.8) is 0 Å². The summed E-state index contributed by atoms with van der Waals surface area (Å²) in [5.41, 5.74) is 3.41.